The molecule has 5 rings (SSSR count). The molecule has 5 heterocycles. The van der Waals surface area contributed by atoms with Crippen LogP contribution in [-0.4, -0.2) is 52.1 Å². The highest BCUT2D eigenvalue weighted by Crippen LogP contribution is 2.39. The average molecular weight is 486 g/mol. The number of aryl methyl sites for hydroxylation is 1. The molecule has 1 saturated heterocycles. The Labute approximate surface area is 198 Å². The summed E-state index contributed by atoms with van der Waals surface area (Å²) in [5.41, 5.74) is 1.23. The summed E-state index contributed by atoms with van der Waals surface area (Å²) in [7, 11) is 0. The predicted octanol–water partition coefficient (Wildman–Crippen LogP) is 4.60. The summed E-state index contributed by atoms with van der Waals surface area (Å²) < 4.78 is 43.2. The highest BCUT2D eigenvalue weighted by Gasteiger charge is 2.40. The summed E-state index contributed by atoms with van der Waals surface area (Å²) >= 11 is 0. The van der Waals surface area contributed by atoms with E-state index in [-0.39, 0.29) is 23.4 Å². The van der Waals surface area contributed by atoms with Crippen LogP contribution in [0.4, 0.5) is 35.3 Å². The van der Waals surface area contributed by atoms with Crippen LogP contribution in [0.25, 0.3) is 11.3 Å². The van der Waals surface area contributed by atoms with Gasteiger partial charge in [0, 0.05) is 38.2 Å². The van der Waals surface area contributed by atoms with Crippen molar-refractivity contribution in [2.24, 2.45) is 0 Å². The van der Waals surface area contributed by atoms with Gasteiger partial charge in [-0.2, -0.15) is 13.2 Å². The minimum atomic E-state index is -4.44. The van der Waals surface area contributed by atoms with Crippen LogP contribution in [0.15, 0.2) is 41.1 Å². The number of nitrogens with one attached hydrogen (secondary N) is 1. The molecular weight excluding hydrogens is 465 g/mol. The van der Waals surface area contributed by atoms with Crippen LogP contribution >= 0.6 is 0 Å². The fraction of sp³-hybridized carbons (Fsp3) is 0.348. The van der Waals surface area contributed by atoms with E-state index >= 15 is 0 Å². The molecule has 2 amide bonds. The van der Waals surface area contributed by atoms with E-state index in [9.17, 15) is 22.8 Å². The molecule has 0 spiro atoms. The topological polar surface area (TPSA) is 104 Å². The number of rotatable bonds is 5. The van der Waals surface area contributed by atoms with Crippen LogP contribution < -0.4 is 15.1 Å². The van der Waals surface area contributed by atoms with Gasteiger partial charge >= 0.3 is 12.2 Å². The van der Waals surface area contributed by atoms with E-state index in [1.165, 1.54) is 17.2 Å². The largest absolute Gasteiger partial charge is 0.441 e. The summed E-state index contributed by atoms with van der Waals surface area (Å²) in [5.74, 6) is 0.829. The van der Waals surface area contributed by atoms with Gasteiger partial charge < -0.3 is 9.32 Å². The quantitative estimate of drug-likeness (QED) is 0.526. The number of hydrogen-bond acceptors (Lipinski definition) is 7. The molecule has 0 aliphatic carbocycles. The third-order valence-corrected chi connectivity index (χ3v) is 5.99. The molecule has 12 heteroatoms. The van der Waals surface area contributed by atoms with Gasteiger partial charge in [0.05, 0.1) is 24.3 Å². The Hall–Kier alpha value is -3.96. The van der Waals surface area contributed by atoms with E-state index in [1.54, 1.807) is 31.3 Å². The maximum Gasteiger partial charge on any atom is 0.389 e. The van der Waals surface area contributed by atoms with Crippen molar-refractivity contribution >= 4 is 29.1 Å². The zero-order chi connectivity index (χ0) is 24.7. The van der Waals surface area contributed by atoms with Crippen LogP contribution in [0.5, 0.6) is 0 Å². The van der Waals surface area contributed by atoms with E-state index < -0.39 is 30.8 Å². The Morgan fingerprint density at radius 3 is 2.80 bits per heavy atom. The van der Waals surface area contributed by atoms with Crippen molar-refractivity contribution in [2.45, 2.75) is 38.4 Å². The van der Waals surface area contributed by atoms with Crippen molar-refractivity contribution in [3.63, 3.8) is 0 Å². The van der Waals surface area contributed by atoms with Gasteiger partial charge in [-0.3, -0.25) is 15.0 Å². The van der Waals surface area contributed by atoms with E-state index in [0.29, 0.717) is 42.4 Å². The molecule has 2 bridgehead atoms. The molecular formula is C23H21F3N6O3. The van der Waals surface area contributed by atoms with Gasteiger partial charge in [0.1, 0.15) is 11.5 Å². The third-order valence-electron chi connectivity index (χ3n) is 5.99. The molecule has 1 fully saturated rings. The van der Waals surface area contributed by atoms with E-state index in [4.69, 9.17) is 4.42 Å². The number of pyridine rings is 2. The van der Waals surface area contributed by atoms with Gasteiger partial charge in [-0.15, -0.1) is 0 Å². The molecule has 0 saturated carbocycles. The first-order valence-electron chi connectivity index (χ1n) is 11.0. The third kappa shape index (κ3) is 4.68. The van der Waals surface area contributed by atoms with Gasteiger partial charge in [-0.1, -0.05) is 0 Å². The smallest absolute Gasteiger partial charge is 0.389 e. The van der Waals surface area contributed by atoms with Crippen LogP contribution in [0.3, 0.4) is 0 Å². The number of hydrogen-bond donors (Lipinski definition) is 1. The standard InChI is InChI=1S/C23H21F3N6O3/c1-13-28-11-19(35-13)14-5-8-27-20(10-14)30-22(34)32-15-6-9-31(12-15)17-3-2-16(29-21(17)32)18(33)4-7-23(24,25)26/h2-3,5,8,10-11,15H,4,6-7,9,12H2,1H3,(H,27,30,34)/t15-/m0/s1. The minimum absolute atomic E-state index is 0.103. The zero-order valence-corrected chi connectivity index (χ0v) is 18.7. The average Bonchev–Trinajstić information content (AvgIpc) is 3.44. The first-order valence-corrected chi connectivity index (χ1v) is 11.0. The molecule has 182 valence electrons. The normalized spacial score (nSPS) is 16.9. The highest BCUT2D eigenvalue weighted by atomic mass is 19.4. The summed E-state index contributed by atoms with van der Waals surface area (Å²) in [6, 6.07) is 5.72. The number of anilines is 3. The fourth-order valence-corrected chi connectivity index (χ4v) is 4.33. The molecule has 0 unspecified atom stereocenters. The molecule has 2 aliphatic heterocycles. The number of alkyl halides is 3. The number of fused-ring (bicyclic) bond motifs is 4. The number of urea groups is 1. The van der Waals surface area contributed by atoms with Gasteiger partial charge in [0.25, 0.3) is 0 Å². The Morgan fingerprint density at radius 2 is 2.06 bits per heavy atom. The van der Waals surface area contributed by atoms with E-state index in [2.05, 4.69) is 20.3 Å². The van der Waals surface area contributed by atoms with Crippen LogP contribution in [-0.2, 0) is 0 Å². The first kappa shape index (κ1) is 22.8. The van der Waals surface area contributed by atoms with Gasteiger partial charge in [-0.25, -0.2) is 19.7 Å². The molecule has 1 N–H and O–H groups in total. The minimum Gasteiger partial charge on any atom is -0.441 e. The van der Waals surface area contributed by atoms with E-state index in [0.717, 1.165) is 0 Å². The number of ketones is 1. The number of aromatic nitrogens is 3. The van der Waals surface area contributed by atoms with Crippen molar-refractivity contribution in [1.82, 2.24) is 15.0 Å². The Morgan fingerprint density at radius 1 is 1.23 bits per heavy atom. The van der Waals surface area contributed by atoms with Crippen molar-refractivity contribution in [3.8, 4) is 11.3 Å². The number of nitrogens with zero attached hydrogens (tertiary/aromatic N) is 5. The Bertz CT molecular complexity index is 1290. The van der Waals surface area contributed by atoms with E-state index in [1.807, 2.05) is 4.90 Å². The van der Waals surface area contributed by atoms with Gasteiger partial charge in [0.15, 0.2) is 23.3 Å². The van der Waals surface area contributed by atoms with Crippen LogP contribution in [0.1, 0.15) is 35.6 Å². The number of Topliss-reactive ketones (excluding diaryl/α,β-unsaturated/α-hetero) is 1. The Kier molecular flexibility index (Phi) is 5.65. The monoisotopic (exact) mass is 486 g/mol. The molecule has 1 atom stereocenters. The lowest BCUT2D eigenvalue weighted by molar-refractivity contribution is -0.133. The molecule has 9 nitrogen and oxygen atoms in total. The van der Waals surface area contributed by atoms with Gasteiger partial charge in [-0.05, 0) is 30.7 Å². The number of oxazole rings is 1. The van der Waals surface area contributed by atoms with Crippen LogP contribution in [0.2, 0.25) is 0 Å². The number of carbonyl (C=O) groups is 2. The highest BCUT2D eigenvalue weighted by molar-refractivity contribution is 6.05. The molecule has 0 radical (unpaired) electrons. The van der Waals surface area contributed by atoms with Crippen molar-refractivity contribution in [3.05, 3.63) is 48.2 Å². The van der Waals surface area contributed by atoms with Crippen molar-refractivity contribution in [2.75, 3.05) is 28.2 Å². The Balaban J connectivity index is 1.41. The molecule has 2 aliphatic rings. The second-order valence-electron chi connectivity index (χ2n) is 8.44. The SMILES string of the molecule is Cc1ncc(-c2ccnc(NC(=O)N3c4nc(C(=O)CCC(F)(F)F)ccc4N4CC[C@H]3C4)c2)o1. The second-order valence-corrected chi connectivity index (χ2v) is 8.44. The summed E-state index contributed by atoms with van der Waals surface area (Å²) in [4.78, 5) is 41.9. The lowest BCUT2D eigenvalue weighted by atomic mass is 10.1. The van der Waals surface area contributed by atoms with Crippen molar-refractivity contribution in [1.29, 1.82) is 0 Å². The summed E-state index contributed by atoms with van der Waals surface area (Å²) in [5, 5.41) is 2.77. The maximum absolute atomic E-state index is 13.4. The molecule has 3 aromatic rings. The van der Waals surface area contributed by atoms with Crippen molar-refractivity contribution < 1.29 is 27.2 Å². The summed E-state index contributed by atoms with van der Waals surface area (Å²) in [6.07, 6.45) is -2.58. The molecule has 35 heavy (non-hydrogen) atoms. The number of carbonyl (C=O) groups excluding carboxylic acids is 2. The predicted molar refractivity (Wildman–Crippen MR) is 120 cm³/mol. The van der Waals surface area contributed by atoms with Gasteiger partial charge in [0.2, 0.25) is 0 Å². The second kappa shape index (κ2) is 8.67. The van der Waals surface area contributed by atoms with Crippen LogP contribution in [0, 0.1) is 6.92 Å². The first-order chi connectivity index (χ1) is 16.7. The lowest BCUT2D eigenvalue weighted by Gasteiger charge is -2.35. The molecule has 0 aromatic carbocycles. The fourth-order valence-electron chi connectivity index (χ4n) is 4.33. The summed E-state index contributed by atoms with van der Waals surface area (Å²) in [6.45, 7) is 3.01. The molecule has 3 aromatic heterocycles. The zero-order valence-electron chi connectivity index (χ0n) is 18.7. The number of amides is 2. The lowest BCUT2D eigenvalue weighted by Crippen LogP contribution is -2.48. The maximum atomic E-state index is 13.4. The number of halogens is 3.